The van der Waals surface area contributed by atoms with Crippen LogP contribution >= 0.6 is 0 Å². The van der Waals surface area contributed by atoms with Gasteiger partial charge in [0.05, 0.1) is 15.5 Å². The molecule has 1 atom stereocenters. The Bertz CT molecular complexity index is 1030. The second-order valence-corrected chi connectivity index (χ2v) is 12.5. The van der Waals surface area contributed by atoms with Gasteiger partial charge >= 0.3 is 6.09 Å². The molecule has 0 saturated carbocycles. The summed E-state index contributed by atoms with van der Waals surface area (Å²) in [6.07, 6.45) is 4.72. The Morgan fingerprint density at radius 3 is 2.29 bits per heavy atom. The van der Waals surface area contributed by atoms with Crippen LogP contribution in [0.3, 0.4) is 0 Å². The molecule has 1 aromatic rings. The third kappa shape index (κ3) is 7.46. The highest BCUT2D eigenvalue weighted by molar-refractivity contribution is 7.95. The van der Waals surface area contributed by atoms with Gasteiger partial charge in [0.2, 0.25) is 0 Å². The summed E-state index contributed by atoms with van der Waals surface area (Å²) >= 11 is 0. The second-order valence-electron chi connectivity index (χ2n) is 9.71. The number of carbonyl (C=O) groups excluding carboxylic acids is 1. The van der Waals surface area contributed by atoms with Gasteiger partial charge in [0.25, 0.3) is 0 Å². The van der Waals surface area contributed by atoms with E-state index in [0.717, 1.165) is 0 Å². The van der Waals surface area contributed by atoms with Crippen LogP contribution in [0.1, 0.15) is 45.7 Å². The third-order valence-electron chi connectivity index (χ3n) is 4.20. The van der Waals surface area contributed by atoms with Gasteiger partial charge in [0.15, 0.2) is 0 Å². The molecule has 1 N–H and O–H groups in total. The van der Waals surface area contributed by atoms with Crippen molar-refractivity contribution in [3.8, 4) is 12.3 Å². The number of carbonyl (C=O) groups is 1. The number of amidine groups is 1. The average Bonchev–Trinajstić information content (AvgIpc) is 2.58. The molecule has 0 aromatic heterocycles. The van der Waals surface area contributed by atoms with Gasteiger partial charge in [-0.15, -0.1) is 6.42 Å². The molecule has 1 rings (SSSR count). The van der Waals surface area contributed by atoms with Crippen LogP contribution in [0, 0.1) is 18.2 Å². The van der Waals surface area contributed by atoms with Gasteiger partial charge in [-0.25, -0.2) is 13.4 Å². The molecule has 11 heteroatoms. The maximum Gasteiger partial charge on any atom is 0.413 e. The van der Waals surface area contributed by atoms with Crippen molar-refractivity contribution in [2.45, 2.75) is 56.0 Å². The van der Waals surface area contributed by atoms with Crippen LogP contribution in [0.2, 0.25) is 0 Å². The summed E-state index contributed by atoms with van der Waals surface area (Å²) in [6.45, 7) is 8.53. The minimum atomic E-state index is -3.21. The Kier molecular flexibility index (Phi) is 8.24. The number of amides is 1. The first kappa shape index (κ1) is 26.8. The quantitative estimate of drug-likeness (QED) is 0.313. The number of alkyl carbamates (subject to hydrolysis) is 1. The standard InChI is InChI=1S/C20H31B3FN3O3S/c1-8-13-9-10-15(24)14(11-13)12-31(29,27-20(21,22)23)19(5,6)16(25-7)26-17(28)30-18(2,3)4/h1,9-11H,12,21-23H2,2-7H3,(H,25,26,28). The predicted molar refractivity (Wildman–Crippen MR) is 134 cm³/mol. The van der Waals surface area contributed by atoms with Crippen molar-refractivity contribution in [1.82, 2.24) is 5.32 Å². The fourth-order valence-corrected chi connectivity index (χ4v) is 5.41. The van der Waals surface area contributed by atoms with Crippen molar-refractivity contribution < 1.29 is 18.1 Å². The first-order valence-electron chi connectivity index (χ1n) is 9.92. The topological polar surface area (TPSA) is 80.1 Å². The summed E-state index contributed by atoms with van der Waals surface area (Å²) in [5.41, 5.74) is -0.0551. The molecule has 166 valence electrons. The average molecular weight is 445 g/mol. The molecule has 6 nitrogen and oxygen atoms in total. The van der Waals surface area contributed by atoms with Gasteiger partial charge in [0, 0.05) is 18.2 Å². The Morgan fingerprint density at radius 2 is 1.84 bits per heavy atom. The number of hydrogen-bond acceptors (Lipinski definition) is 5. The second kappa shape index (κ2) is 9.52. The van der Waals surface area contributed by atoms with Gasteiger partial charge in [-0.3, -0.25) is 14.7 Å². The molecule has 0 saturated heterocycles. The molecule has 0 aliphatic heterocycles. The van der Waals surface area contributed by atoms with E-state index in [9.17, 15) is 13.4 Å². The highest BCUT2D eigenvalue weighted by Gasteiger charge is 2.40. The lowest BCUT2D eigenvalue weighted by molar-refractivity contribution is 0.0561. The van der Waals surface area contributed by atoms with Crippen molar-refractivity contribution in [3.05, 3.63) is 35.1 Å². The molecule has 31 heavy (non-hydrogen) atoms. The van der Waals surface area contributed by atoms with Crippen LogP contribution in [0.25, 0.3) is 0 Å². The number of halogens is 1. The van der Waals surface area contributed by atoms with Crippen LogP contribution in [0.5, 0.6) is 0 Å². The van der Waals surface area contributed by atoms with E-state index >= 15 is 0 Å². The third-order valence-corrected chi connectivity index (χ3v) is 7.53. The number of benzene rings is 1. The molecule has 1 unspecified atom stereocenters. The number of hydrogen-bond donors (Lipinski definition) is 1. The molecule has 0 heterocycles. The fraction of sp³-hybridized carbons (Fsp3) is 0.500. The molecule has 0 aliphatic rings. The summed E-state index contributed by atoms with van der Waals surface area (Å²) in [4.78, 5) is 16.5. The predicted octanol–water partition coefficient (Wildman–Crippen LogP) is 0.617. The number of nitrogens with one attached hydrogen (secondary N) is 1. The summed E-state index contributed by atoms with van der Waals surface area (Å²) in [5, 5.41) is 1.91. The van der Waals surface area contributed by atoms with Gasteiger partial charge in [-0.05, 0) is 58.1 Å². The molecule has 0 radical (unpaired) electrons. The van der Waals surface area contributed by atoms with E-state index in [4.69, 9.17) is 11.2 Å². The van der Waals surface area contributed by atoms with E-state index in [1.807, 2.05) is 0 Å². The maximum atomic E-state index is 14.6. The Balaban J connectivity index is 3.56. The zero-order chi connectivity index (χ0) is 24.3. The monoisotopic (exact) mass is 445 g/mol. The van der Waals surface area contributed by atoms with Gasteiger partial charge in [-0.2, -0.15) is 0 Å². The van der Waals surface area contributed by atoms with Crippen LogP contribution in [-0.4, -0.2) is 62.3 Å². The summed E-state index contributed by atoms with van der Waals surface area (Å²) in [6, 6.07) is 4.23. The maximum absolute atomic E-state index is 14.6. The number of nitrogens with zero attached hydrogens (tertiary/aromatic N) is 2. The molecule has 0 fully saturated rings. The number of rotatable bonds is 5. The zero-order valence-corrected chi connectivity index (χ0v) is 20.7. The Morgan fingerprint density at radius 1 is 1.26 bits per heavy atom. The molecule has 0 bridgehead atoms. The minimum absolute atomic E-state index is 0.133. The number of aliphatic imine (C=N–C) groups is 1. The van der Waals surface area contributed by atoms with Crippen LogP contribution in [0.15, 0.2) is 27.6 Å². The van der Waals surface area contributed by atoms with E-state index in [-0.39, 0.29) is 17.2 Å². The fourth-order valence-electron chi connectivity index (χ4n) is 2.78. The minimum Gasteiger partial charge on any atom is -0.444 e. The van der Waals surface area contributed by atoms with E-state index in [1.54, 1.807) is 58.2 Å². The van der Waals surface area contributed by atoms with Crippen molar-refractivity contribution >= 4 is 45.2 Å². The lowest BCUT2D eigenvalue weighted by atomic mass is 9.50. The zero-order valence-electron chi connectivity index (χ0n) is 19.9. The highest BCUT2D eigenvalue weighted by atomic mass is 32.2. The molecular formula is C20H31B3FN3O3S. The van der Waals surface area contributed by atoms with Crippen molar-refractivity contribution in [2.24, 2.45) is 9.36 Å². The van der Waals surface area contributed by atoms with Crippen LogP contribution in [-0.2, 0) is 20.2 Å². The van der Waals surface area contributed by atoms with Crippen LogP contribution in [0.4, 0.5) is 9.18 Å². The van der Waals surface area contributed by atoms with E-state index in [0.29, 0.717) is 5.56 Å². The summed E-state index contributed by atoms with van der Waals surface area (Å²) in [7, 11) is 3.69. The van der Waals surface area contributed by atoms with Gasteiger partial charge in [0.1, 0.15) is 45.5 Å². The van der Waals surface area contributed by atoms with Crippen molar-refractivity contribution in [3.63, 3.8) is 0 Å². The molecule has 1 aromatic carbocycles. The lowest BCUT2D eigenvalue weighted by Gasteiger charge is -2.33. The molecule has 1 amide bonds. The number of ether oxygens (including phenoxy) is 1. The Hall–Kier alpha value is -2.21. The Labute approximate surface area is 188 Å². The normalized spacial score (nSPS) is 14.8. The van der Waals surface area contributed by atoms with E-state index in [2.05, 4.69) is 20.6 Å². The van der Waals surface area contributed by atoms with E-state index < -0.39 is 37.2 Å². The van der Waals surface area contributed by atoms with Crippen LogP contribution < -0.4 is 5.32 Å². The number of terminal acetylenes is 1. The lowest BCUT2D eigenvalue weighted by Crippen LogP contribution is -2.52. The SMILES string of the molecule is BC(B)(B)N=S(=O)(Cc1cc(C#C)ccc1F)C(C)(C)/C(=N\C)NC(=O)OC(C)(C)C. The first-order chi connectivity index (χ1) is 13.9. The van der Waals surface area contributed by atoms with Gasteiger partial charge < -0.3 is 4.74 Å². The highest BCUT2D eigenvalue weighted by Crippen LogP contribution is 2.28. The summed E-state index contributed by atoms with van der Waals surface area (Å²) in [5.74, 6) is 1.87. The molecule has 0 aliphatic carbocycles. The van der Waals surface area contributed by atoms with Crippen molar-refractivity contribution in [2.75, 3.05) is 7.05 Å². The van der Waals surface area contributed by atoms with Crippen molar-refractivity contribution in [1.29, 1.82) is 0 Å². The van der Waals surface area contributed by atoms with E-state index in [1.165, 1.54) is 25.2 Å². The molecular weight excluding hydrogens is 414 g/mol. The van der Waals surface area contributed by atoms with Gasteiger partial charge in [-0.1, -0.05) is 5.92 Å². The largest absolute Gasteiger partial charge is 0.444 e. The summed E-state index contributed by atoms with van der Waals surface area (Å²) < 4.78 is 37.6. The smallest absolute Gasteiger partial charge is 0.413 e. The first-order valence-corrected chi connectivity index (χ1v) is 11.6. The molecule has 0 spiro atoms.